The third-order valence-electron chi connectivity index (χ3n) is 17.2. The molecule has 0 aliphatic heterocycles. The molecule has 0 unspecified atom stereocenters. The molecule has 4 saturated carbocycles. The first kappa shape index (κ1) is 72.8. The largest absolute Gasteiger partial charge is 0.465 e. The molecule has 0 heterocycles. The quantitative estimate of drug-likeness (QED) is 0.0650. The zero-order valence-corrected chi connectivity index (χ0v) is 52.5. The number of ether oxygens (including phenoxy) is 8. The summed E-state index contributed by atoms with van der Waals surface area (Å²) in [6, 6.07) is 0. The van der Waals surface area contributed by atoms with Crippen LogP contribution in [0.15, 0.2) is 0 Å². The van der Waals surface area contributed by atoms with Crippen molar-refractivity contribution in [3.05, 3.63) is 0 Å². The van der Waals surface area contributed by atoms with Crippen LogP contribution in [0.1, 0.15) is 284 Å². The maximum Gasteiger partial charge on any atom is 0.344 e. The van der Waals surface area contributed by atoms with Crippen molar-refractivity contribution in [3.63, 3.8) is 0 Å². The van der Waals surface area contributed by atoms with Crippen molar-refractivity contribution in [1.29, 1.82) is 0 Å². The van der Waals surface area contributed by atoms with E-state index in [-0.39, 0.29) is 97.5 Å². The highest BCUT2D eigenvalue weighted by Crippen LogP contribution is 2.37. The molecule has 0 amide bonds. The first-order valence-electron chi connectivity index (χ1n) is 30.3. The van der Waals surface area contributed by atoms with Crippen LogP contribution in [0, 0.1) is 21.7 Å². The van der Waals surface area contributed by atoms with Crippen molar-refractivity contribution in [2.75, 3.05) is 26.4 Å². The molecule has 0 aromatic heterocycles. The Kier molecular flexibility index (Phi) is 31.6. The lowest BCUT2D eigenvalue weighted by molar-refractivity contribution is -0.176. The Hall–Kier alpha value is -4.24. The maximum absolute atomic E-state index is 12.0. The summed E-state index contributed by atoms with van der Waals surface area (Å²) in [5.74, 6) is -2.58. The van der Waals surface area contributed by atoms with E-state index in [1.807, 2.05) is 90.0 Å². The lowest BCUT2D eigenvalue weighted by Gasteiger charge is -2.36. The Morgan fingerprint density at radius 3 is 0.873 bits per heavy atom. The monoisotopic (exact) mass is 1120 g/mol. The molecule has 79 heavy (non-hydrogen) atoms. The van der Waals surface area contributed by atoms with E-state index < -0.39 is 33.6 Å². The van der Waals surface area contributed by atoms with E-state index in [1.165, 1.54) is 19.3 Å². The van der Waals surface area contributed by atoms with Crippen LogP contribution >= 0.6 is 0 Å². The molecular weight excluding hydrogens is 1010 g/mol. The summed E-state index contributed by atoms with van der Waals surface area (Å²) in [6.07, 6.45) is 24.7. The second kappa shape index (κ2) is 34.3. The zero-order valence-electron chi connectivity index (χ0n) is 52.5. The fourth-order valence-corrected chi connectivity index (χ4v) is 9.33. The predicted octanol–water partition coefficient (Wildman–Crippen LogP) is 14.1. The molecule has 0 spiro atoms. The molecule has 0 saturated heterocycles. The van der Waals surface area contributed by atoms with Gasteiger partial charge >= 0.3 is 47.8 Å². The van der Waals surface area contributed by atoms with E-state index in [9.17, 15) is 38.4 Å². The van der Waals surface area contributed by atoms with E-state index in [0.29, 0.717) is 19.3 Å². The average molecular weight is 1120 g/mol. The fraction of sp³-hybridized carbons (Fsp3) is 0.873. The molecule has 4 aliphatic carbocycles. The Bertz CT molecular complexity index is 1890. The molecule has 16 nitrogen and oxygen atoms in total. The summed E-state index contributed by atoms with van der Waals surface area (Å²) in [6.45, 7) is 30.1. The highest BCUT2D eigenvalue weighted by atomic mass is 16.6. The van der Waals surface area contributed by atoms with Crippen molar-refractivity contribution in [2.45, 2.75) is 307 Å². The van der Waals surface area contributed by atoms with Crippen molar-refractivity contribution >= 4 is 47.8 Å². The van der Waals surface area contributed by atoms with Crippen LogP contribution in [-0.2, 0) is 76.3 Å². The third-order valence-corrected chi connectivity index (χ3v) is 17.2. The van der Waals surface area contributed by atoms with Gasteiger partial charge in [-0.2, -0.15) is 0 Å². The van der Waals surface area contributed by atoms with Crippen LogP contribution in [-0.4, -0.2) is 96.6 Å². The SMILES string of the molecule is CCC(C)(C)C(=O)OCC(=O)OC1(C)CCCC1.CCC(C)(C)C(=O)OCCC(=O)OC1(C)CCCCC1.CCC1(OC(=O)CCOC(=O)C(C)(C)CC)CCCCC1.CCC1(OC(=O)COC(=O)C(C)(C)CC)CCCCC1. The summed E-state index contributed by atoms with van der Waals surface area (Å²) in [5, 5.41) is 0. The van der Waals surface area contributed by atoms with Gasteiger partial charge in [0.1, 0.15) is 35.6 Å². The van der Waals surface area contributed by atoms with Gasteiger partial charge in [-0.3, -0.25) is 28.8 Å². The summed E-state index contributed by atoms with van der Waals surface area (Å²) in [7, 11) is 0. The van der Waals surface area contributed by atoms with E-state index in [1.54, 1.807) is 13.8 Å². The van der Waals surface area contributed by atoms with Gasteiger partial charge in [-0.1, -0.05) is 60.8 Å². The van der Waals surface area contributed by atoms with Crippen LogP contribution in [0.3, 0.4) is 0 Å². The minimum atomic E-state index is -0.548. The minimum Gasteiger partial charge on any atom is -0.465 e. The van der Waals surface area contributed by atoms with Crippen LogP contribution < -0.4 is 0 Å². The summed E-state index contributed by atoms with van der Waals surface area (Å²) < 4.78 is 42.6. The van der Waals surface area contributed by atoms with Crippen LogP contribution in [0.5, 0.6) is 0 Å². The molecule has 16 heteroatoms. The molecule has 0 bridgehead atoms. The van der Waals surface area contributed by atoms with Crippen molar-refractivity contribution < 1.29 is 76.3 Å². The van der Waals surface area contributed by atoms with E-state index in [4.69, 9.17) is 37.9 Å². The van der Waals surface area contributed by atoms with Gasteiger partial charge < -0.3 is 37.9 Å². The highest BCUT2D eigenvalue weighted by Gasteiger charge is 2.38. The second-order valence-corrected chi connectivity index (χ2v) is 25.6. The van der Waals surface area contributed by atoms with Gasteiger partial charge in [0.15, 0.2) is 13.2 Å². The molecule has 4 rings (SSSR count). The normalized spacial score (nSPS) is 18.3. The number of carbonyl (C=O) groups excluding carboxylic acids is 8. The second-order valence-electron chi connectivity index (χ2n) is 25.6. The topological polar surface area (TPSA) is 210 Å². The Morgan fingerprint density at radius 2 is 0.570 bits per heavy atom. The van der Waals surface area contributed by atoms with Gasteiger partial charge in [-0.15, -0.1) is 0 Å². The molecule has 0 atom stereocenters. The molecule has 0 aromatic rings. The fourth-order valence-electron chi connectivity index (χ4n) is 9.33. The van der Waals surface area contributed by atoms with Gasteiger partial charge in [-0.25, -0.2) is 9.59 Å². The lowest BCUT2D eigenvalue weighted by atomic mass is 9.83. The average Bonchev–Trinajstić information content (AvgIpc) is 3.85. The molecule has 4 aliphatic rings. The number of hydrogen-bond donors (Lipinski definition) is 0. The van der Waals surface area contributed by atoms with Gasteiger partial charge in [0.05, 0.1) is 34.5 Å². The summed E-state index contributed by atoms with van der Waals surface area (Å²) in [5.41, 5.74) is -3.35. The van der Waals surface area contributed by atoms with Crippen molar-refractivity contribution in [3.8, 4) is 0 Å². The number of rotatable bonds is 24. The van der Waals surface area contributed by atoms with Crippen LogP contribution in [0.2, 0.25) is 0 Å². The Morgan fingerprint density at radius 1 is 0.329 bits per heavy atom. The smallest absolute Gasteiger partial charge is 0.344 e. The Balaban J connectivity index is 0.000000527. The van der Waals surface area contributed by atoms with Gasteiger partial charge in [0.25, 0.3) is 0 Å². The highest BCUT2D eigenvalue weighted by molar-refractivity contribution is 5.81. The summed E-state index contributed by atoms with van der Waals surface area (Å²) >= 11 is 0. The zero-order chi connectivity index (χ0) is 60.2. The molecule has 0 N–H and O–H groups in total. The van der Waals surface area contributed by atoms with E-state index in [2.05, 4.69) is 6.92 Å². The Labute approximate surface area is 477 Å². The number of hydrogen-bond acceptors (Lipinski definition) is 16. The summed E-state index contributed by atoms with van der Waals surface area (Å²) in [4.78, 5) is 94.4. The first-order valence-corrected chi connectivity index (χ1v) is 30.3. The predicted molar refractivity (Wildman–Crippen MR) is 304 cm³/mol. The van der Waals surface area contributed by atoms with Gasteiger partial charge in [0, 0.05) is 0 Å². The molecule has 0 aromatic carbocycles. The number of carbonyl (C=O) groups is 8. The van der Waals surface area contributed by atoms with E-state index in [0.717, 1.165) is 122 Å². The van der Waals surface area contributed by atoms with Crippen molar-refractivity contribution in [2.24, 2.45) is 21.7 Å². The molecular formula is C63H110O16. The van der Waals surface area contributed by atoms with Crippen molar-refractivity contribution in [1.82, 2.24) is 0 Å². The minimum absolute atomic E-state index is 0.108. The third kappa shape index (κ3) is 26.9. The van der Waals surface area contributed by atoms with Crippen LogP contribution in [0.25, 0.3) is 0 Å². The molecule has 0 radical (unpaired) electrons. The number of esters is 8. The van der Waals surface area contributed by atoms with E-state index >= 15 is 0 Å². The molecule has 458 valence electrons. The maximum atomic E-state index is 12.0. The van der Waals surface area contributed by atoms with Gasteiger partial charge in [0.2, 0.25) is 0 Å². The molecule has 4 fully saturated rings. The van der Waals surface area contributed by atoms with Crippen LogP contribution in [0.4, 0.5) is 0 Å². The van der Waals surface area contributed by atoms with Gasteiger partial charge in [-0.05, 0) is 210 Å². The standard InChI is InChI=1S/C17H30O4.2C16H28O4.C14H24O4/c1-5-16(3,4)15(19)20-13-10-14(18)21-17(6-2)11-8-7-9-12-17;1-5-15(2,3)14(18)19-12-9-13(17)20-16(4)10-7-6-8-11-16;1-5-15(3,4)14(18)19-12-13(17)20-16(6-2)10-8-7-9-11-16;1-5-13(2,3)12(16)17-10-11(15)18-14(4)8-6-7-9-14/h5-13H2,1-4H3;2*5-12H2,1-4H3;5-10H2,1-4H3. The first-order chi connectivity index (χ1) is 36.8. The lowest BCUT2D eigenvalue weighted by Crippen LogP contribution is -2.38.